The molecule has 0 bridgehead atoms. The first-order chi connectivity index (χ1) is 8.20. The average molecular weight is 237 g/mol. The molecule has 1 aliphatic carbocycles. The summed E-state index contributed by atoms with van der Waals surface area (Å²) < 4.78 is 13.6. The summed E-state index contributed by atoms with van der Waals surface area (Å²) in [5, 5.41) is 10.2. The Morgan fingerprint density at radius 1 is 1.18 bits per heavy atom. The summed E-state index contributed by atoms with van der Waals surface area (Å²) >= 11 is 0. The van der Waals surface area contributed by atoms with Crippen LogP contribution in [0.5, 0.6) is 0 Å². The highest BCUT2D eigenvalue weighted by Gasteiger charge is 2.28. The van der Waals surface area contributed by atoms with Crippen LogP contribution in [-0.4, -0.2) is 11.2 Å². The van der Waals surface area contributed by atoms with Gasteiger partial charge in [0.15, 0.2) is 0 Å². The third-order valence-electron chi connectivity index (χ3n) is 3.77. The van der Waals surface area contributed by atoms with E-state index < -0.39 is 12.1 Å². The Bertz CT molecular complexity index is 363. The molecule has 3 N–H and O–H groups in total. The van der Waals surface area contributed by atoms with E-state index in [-0.39, 0.29) is 11.7 Å². The maximum absolute atomic E-state index is 13.6. The van der Waals surface area contributed by atoms with Gasteiger partial charge in [0.1, 0.15) is 5.82 Å². The van der Waals surface area contributed by atoms with E-state index in [9.17, 15) is 9.50 Å². The van der Waals surface area contributed by atoms with Gasteiger partial charge in [0, 0.05) is 5.56 Å². The van der Waals surface area contributed by atoms with Gasteiger partial charge < -0.3 is 10.8 Å². The molecule has 0 unspecified atom stereocenters. The van der Waals surface area contributed by atoms with E-state index in [0.29, 0.717) is 5.56 Å². The van der Waals surface area contributed by atoms with Crippen LogP contribution in [0.15, 0.2) is 24.3 Å². The van der Waals surface area contributed by atoms with E-state index in [2.05, 4.69) is 0 Å². The van der Waals surface area contributed by atoms with Gasteiger partial charge >= 0.3 is 0 Å². The molecule has 3 heteroatoms. The van der Waals surface area contributed by atoms with Crippen molar-refractivity contribution in [2.45, 2.75) is 44.2 Å². The number of hydrogen-bond donors (Lipinski definition) is 2. The van der Waals surface area contributed by atoms with E-state index in [1.165, 1.54) is 12.5 Å². The predicted octanol–water partition coefficient (Wildman–Crippen LogP) is 2.77. The molecule has 17 heavy (non-hydrogen) atoms. The molecule has 0 radical (unpaired) electrons. The zero-order chi connectivity index (χ0) is 12.3. The summed E-state index contributed by atoms with van der Waals surface area (Å²) in [5.74, 6) is -0.104. The highest BCUT2D eigenvalue weighted by molar-refractivity contribution is 5.22. The number of halogens is 1. The SMILES string of the molecule is N[C@@H](c1ccccc1F)[C@H](O)C1CCCCC1. The number of rotatable bonds is 3. The van der Waals surface area contributed by atoms with Crippen LogP contribution in [0.3, 0.4) is 0 Å². The first kappa shape index (κ1) is 12.5. The van der Waals surface area contributed by atoms with Gasteiger partial charge in [-0.3, -0.25) is 0 Å². The van der Waals surface area contributed by atoms with Gasteiger partial charge in [-0.15, -0.1) is 0 Å². The Morgan fingerprint density at radius 3 is 2.47 bits per heavy atom. The van der Waals surface area contributed by atoms with Crippen molar-refractivity contribution in [2.24, 2.45) is 11.7 Å². The highest BCUT2D eigenvalue weighted by atomic mass is 19.1. The molecule has 0 amide bonds. The maximum atomic E-state index is 13.6. The molecule has 0 aliphatic heterocycles. The fraction of sp³-hybridized carbons (Fsp3) is 0.571. The lowest BCUT2D eigenvalue weighted by Crippen LogP contribution is -2.34. The second-order valence-electron chi connectivity index (χ2n) is 4.94. The van der Waals surface area contributed by atoms with Crippen LogP contribution in [0.1, 0.15) is 43.7 Å². The Kier molecular flexibility index (Phi) is 4.13. The summed E-state index contributed by atoms with van der Waals surface area (Å²) in [5.41, 5.74) is 6.40. The molecular formula is C14H20FNO. The first-order valence-corrected chi connectivity index (χ1v) is 6.38. The molecule has 0 heterocycles. The van der Waals surface area contributed by atoms with Gasteiger partial charge in [-0.1, -0.05) is 37.5 Å². The molecule has 0 saturated heterocycles. The third kappa shape index (κ3) is 2.85. The van der Waals surface area contributed by atoms with Crippen molar-refractivity contribution in [3.05, 3.63) is 35.6 Å². The second kappa shape index (κ2) is 5.61. The predicted molar refractivity (Wildman–Crippen MR) is 65.9 cm³/mol. The third-order valence-corrected chi connectivity index (χ3v) is 3.77. The van der Waals surface area contributed by atoms with Crippen LogP contribution in [0.4, 0.5) is 4.39 Å². The molecule has 1 aromatic carbocycles. The van der Waals surface area contributed by atoms with Crippen molar-refractivity contribution in [2.75, 3.05) is 0 Å². The number of hydrogen-bond acceptors (Lipinski definition) is 2. The van der Waals surface area contributed by atoms with Crippen LogP contribution in [0, 0.1) is 11.7 Å². The zero-order valence-corrected chi connectivity index (χ0v) is 9.98. The summed E-state index contributed by atoms with van der Waals surface area (Å²) in [6.45, 7) is 0. The summed E-state index contributed by atoms with van der Waals surface area (Å²) in [6.07, 6.45) is 4.90. The standard InChI is InChI=1S/C14H20FNO/c15-12-9-5-4-8-11(12)13(16)14(17)10-6-2-1-3-7-10/h4-5,8-10,13-14,17H,1-3,6-7,16H2/t13-,14+/m0/s1. The van der Waals surface area contributed by atoms with Crippen molar-refractivity contribution in [1.82, 2.24) is 0 Å². The Morgan fingerprint density at radius 2 is 1.82 bits per heavy atom. The van der Waals surface area contributed by atoms with Gasteiger partial charge in [-0.25, -0.2) is 4.39 Å². The van der Waals surface area contributed by atoms with Crippen LogP contribution in [0.2, 0.25) is 0 Å². The van der Waals surface area contributed by atoms with Crippen LogP contribution >= 0.6 is 0 Å². The molecule has 0 aromatic heterocycles. The van der Waals surface area contributed by atoms with Crippen molar-refractivity contribution >= 4 is 0 Å². The quantitative estimate of drug-likeness (QED) is 0.849. The molecule has 1 aromatic rings. The van der Waals surface area contributed by atoms with Crippen LogP contribution in [0.25, 0.3) is 0 Å². The fourth-order valence-corrected chi connectivity index (χ4v) is 2.70. The van der Waals surface area contributed by atoms with Crippen molar-refractivity contribution < 1.29 is 9.50 Å². The van der Waals surface area contributed by atoms with Crippen LogP contribution in [-0.2, 0) is 0 Å². The second-order valence-corrected chi connectivity index (χ2v) is 4.94. The monoisotopic (exact) mass is 237 g/mol. The lowest BCUT2D eigenvalue weighted by Gasteiger charge is -2.30. The Labute approximate surface area is 102 Å². The minimum Gasteiger partial charge on any atom is -0.391 e. The number of benzene rings is 1. The lowest BCUT2D eigenvalue weighted by atomic mass is 9.81. The molecular weight excluding hydrogens is 217 g/mol. The number of nitrogens with two attached hydrogens (primary N) is 1. The molecule has 2 atom stereocenters. The van der Waals surface area contributed by atoms with Gasteiger partial charge in [-0.05, 0) is 24.8 Å². The smallest absolute Gasteiger partial charge is 0.128 e. The fourth-order valence-electron chi connectivity index (χ4n) is 2.70. The minimum absolute atomic E-state index is 0.221. The van der Waals surface area contributed by atoms with Gasteiger partial charge in [0.05, 0.1) is 12.1 Å². The molecule has 1 fully saturated rings. The maximum Gasteiger partial charge on any atom is 0.128 e. The van der Waals surface area contributed by atoms with Crippen molar-refractivity contribution in [3.8, 4) is 0 Å². The summed E-state index contributed by atoms with van der Waals surface area (Å²) in [7, 11) is 0. The van der Waals surface area contributed by atoms with E-state index in [1.807, 2.05) is 0 Å². The van der Waals surface area contributed by atoms with E-state index in [1.54, 1.807) is 18.2 Å². The van der Waals surface area contributed by atoms with Gasteiger partial charge in [0.25, 0.3) is 0 Å². The molecule has 0 spiro atoms. The summed E-state index contributed by atoms with van der Waals surface area (Å²) in [4.78, 5) is 0. The molecule has 94 valence electrons. The zero-order valence-electron chi connectivity index (χ0n) is 9.98. The normalized spacial score (nSPS) is 21.1. The topological polar surface area (TPSA) is 46.2 Å². The average Bonchev–Trinajstić information content (AvgIpc) is 2.39. The summed E-state index contributed by atoms with van der Waals surface area (Å²) in [6, 6.07) is 5.83. The largest absolute Gasteiger partial charge is 0.391 e. The van der Waals surface area contributed by atoms with Gasteiger partial charge in [-0.2, -0.15) is 0 Å². The first-order valence-electron chi connectivity index (χ1n) is 6.38. The molecule has 1 aliphatic rings. The molecule has 2 rings (SSSR count). The van der Waals surface area contributed by atoms with E-state index in [0.717, 1.165) is 25.7 Å². The van der Waals surface area contributed by atoms with Gasteiger partial charge in [0.2, 0.25) is 0 Å². The lowest BCUT2D eigenvalue weighted by molar-refractivity contribution is 0.0608. The molecule has 1 saturated carbocycles. The molecule has 2 nitrogen and oxygen atoms in total. The van der Waals surface area contributed by atoms with Crippen molar-refractivity contribution in [3.63, 3.8) is 0 Å². The van der Waals surface area contributed by atoms with E-state index in [4.69, 9.17) is 5.73 Å². The Hall–Kier alpha value is -0.930. The Balaban J connectivity index is 2.08. The minimum atomic E-state index is -0.632. The number of aliphatic hydroxyl groups is 1. The van der Waals surface area contributed by atoms with Crippen molar-refractivity contribution in [1.29, 1.82) is 0 Å². The van der Waals surface area contributed by atoms with E-state index >= 15 is 0 Å². The number of aliphatic hydroxyl groups excluding tert-OH is 1. The van der Waals surface area contributed by atoms with Crippen LogP contribution < -0.4 is 5.73 Å². The highest BCUT2D eigenvalue weighted by Crippen LogP contribution is 2.31.